The maximum absolute atomic E-state index is 11.6. The third kappa shape index (κ3) is 2.74. The van der Waals surface area contributed by atoms with Crippen LogP contribution in [-0.4, -0.2) is 31.0 Å². The van der Waals surface area contributed by atoms with E-state index in [9.17, 15) is 13.2 Å². The van der Waals surface area contributed by atoms with Gasteiger partial charge in [-0.25, -0.2) is 22.9 Å². The maximum atomic E-state index is 11.6. The summed E-state index contributed by atoms with van der Waals surface area (Å²) in [7, 11) is -3.73. The SMILES string of the molecule is CCCNS(=O)(=O)c1scnc1C(=O)O. The number of sulfonamides is 1. The van der Waals surface area contributed by atoms with Crippen LogP contribution < -0.4 is 4.72 Å². The first-order valence-corrected chi connectivity index (χ1v) is 6.51. The molecule has 0 aliphatic heterocycles. The predicted octanol–water partition coefficient (Wildman–Crippen LogP) is 0.530. The fraction of sp³-hybridized carbons (Fsp3) is 0.429. The molecular weight excluding hydrogens is 240 g/mol. The van der Waals surface area contributed by atoms with Crippen LogP contribution in [0.15, 0.2) is 9.72 Å². The number of nitrogens with one attached hydrogen (secondary N) is 1. The summed E-state index contributed by atoms with van der Waals surface area (Å²) < 4.78 is 25.2. The lowest BCUT2D eigenvalue weighted by Crippen LogP contribution is -2.25. The van der Waals surface area contributed by atoms with Gasteiger partial charge in [0.2, 0.25) is 0 Å². The van der Waals surface area contributed by atoms with E-state index in [0.717, 1.165) is 11.3 Å². The van der Waals surface area contributed by atoms with Gasteiger partial charge in [0.1, 0.15) is 0 Å². The molecule has 2 N–H and O–H groups in total. The van der Waals surface area contributed by atoms with Crippen LogP contribution in [0.5, 0.6) is 0 Å². The Morgan fingerprint density at radius 1 is 1.67 bits per heavy atom. The first-order chi connectivity index (χ1) is 6.99. The number of aromatic nitrogens is 1. The van der Waals surface area contributed by atoms with Crippen LogP contribution >= 0.6 is 11.3 Å². The first-order valence-electron chi connectivity index (χ1n) is 4.15. The number of hydrogen-bond donors (Lipinski definition) is 2. The minimum absolute atomic E-state index is 0.247. The number of thiazole rings is 1. The molecule has 1 aromatic rings. The van der Waals surface area contributed by atoms with E-state index in [4.69, 9.17) is 5.11 Å². The Bertz CT molecular complexity index is 451. The summed E-state index contributed by atoms with van der Waals surface area (Å²) in [5.74, 6) is -1.34. The molecule has 6 nitrogen and oxygen atoms in total. The van der Waals surface area contributed by atoms with Crippen molar-refractivity contribution in [2.24, 2.45) is 0 Å². The fourth-order valence-electron chi connectivity index (χ4n) is 0.871. The minimum Gasteiger partial charge on any atom is -0.476 e. The maximum Gasteiger partial charge on any atom is 0.356 e. The van der Waals surface area contributed by atoms with Crippen molar-refractivity contribution >= 4 is 27.3 Å². The van der Waals surface area contributed by atoms with Crippen molar-refractivity contribution in [1.82, 2.24) is 9.71 Å². The molecule has 0 fully saturated rings. The van der Waals surface area contributed by atoms with Crippen LogP contribution in [0.3, 0.4) is 0 Å². The summed E-state index contributed by atoms with van der Waals surface area (Å²) in [6.45, 7) is 2.09. The number of carboxylic acids is 1. The average Bonchev–Trinajstić information content (AvgIpc) is 2.63. The van der Waals surface area contributed by atoms with Crippen LogP contribution in [0.4, 0.5) is 0 Å². The van der Waals surface area contributed by atoms with Crippen LogP contribution in [-0.2, 0) is 10.0 Å². The summed E-state index contributed by atoms with van der Waals surface area (Å²) in [4.78, 5) is 14.1. The number of hydrogen-bond acceptors (Lipinski definition) is 5. The average molecular weight is 250 g/mol. The highest BCUT2D eigenvalue weighted by atomic mass is 32.2. The summed E-state index contributed by atoms with van der Waals surface area (Å²) in [6.07, 6.45) is 0.639. The summed E-state index contributed by atoms with van der Waals surface area (Å²) in [5.41, 5.74) is 0.771. The monoisotopic (exact) mass is 250 g/mol. The van der Waals surface area contributed by atoms with Gasteiger partial charge in [0.05, 0.1) is 5.51 Å². The van der Waals surface area contributed by atoms with Crippen LogP contribution in [0.1, 0.15) is 23.8 Å². The van der Waals surface area contributed by atoms with Gasteiger partial charge in [-0.3, -0.25) is 0 Å². The molecule has 0 amide bonds. The van der Waals surface area contributed by atoms with Gasteiger partial charge in [-0.05, 0) is 6.42 Å². The third-order valence-corrected chi connectivity index (χ3v) is 4.35. The van der Waals surface area contributed by atoms with E-state index in [1.807, 2.05) is 6.92 Å². The summed E-state index contributed by atoms with van der Waals surface area (Å²) in [5, 5.41) is 8.70. The highest BCUT2D eigenvalue weighted by Gasteiger charge is 2.24. The second-order valence-corrected chi connectivity index (χ2v) is 5.51. The molecule has 0 spiro atoms. The zero-order valence-corrected chi connectivity index (χ0v) is 9.56. The van der Waals surface area contributed by atoms with Crippen LogP contribution in [0.2, 0.25) is 0 Å². The Labute approximate surface area is 91.0 Å². The molecule has 1 rings (SSSR count). The van der Waals surface area contributed by atoms with E-state index < -0.39 is 21.7 Å². The van der Waals surface area contributed by atoms with Gasteiger partial charge >= 0.3 is 5.97 Å². The van der Waals surface area contributed by atoms with E-state index in [1.54, 1.807) is 0 Å². The lowest BCUT2D eigenvalue weighted by molar-refractivity contribution is 0.0687. The van der Waals surface area contributed by atoms with Crippen LogP contribution in [0, 0.1) is 0 Å². The second kappa shape index (κ2) is 4.69. The van der Waals surface area contributed by atoms with E-state index >= 15 is 0 Å². The Hall–Kier alpha value is -0.990. The Kier molecular flexibility index (Phi) is 3.77. The predicted molar refractivity (Wildman–Crippen MR) is 54.6 cm³/mol. The van der Waals surface area contributed by atoms with Crippen LogP contribution in [0.25, 0.3) is 0 Å². The number of aromatic carboxylic acids is 1. The molecule has 0 saturated heterocycles. The number of carbonyl (C=O) groups is 1. The number of rotatable bonds is 5. The highest BCUT2D eigenvalue weighted by Crippen LogP contribution is 2.19. The molecule has 0 radical (unpaired) electrons. The third-order valence-electron chi connectivity index (χ3n) is 1.52. The Morgan fingerprint density at radius 2 is 2.33 bits per heavy atom. The van der Waals surface area contributed by atoms with Crippen molar-refractivity contribution in [3.63, 3.8) is 0 Å². The van der Waals surface area contributed by atoms with E-state index in [1.165, 1.54) is 5.51 Å². The smallest absolute Gasteiger partial charge is 0.356 e. The van der Waals surface area contributed by atoms with Gasteiger partial charge in [-0.15, -0.1) is 11.3 Å². The molecular formula is C7H10N2O4S2. The van der Waals surface area contributed by atoms with Crippen molar-refractivity contribution in [2.45, 2.75) is 17.6 Å². The van der Waals surface area contributed by atoms with E-state index in [2.05, 4.69) is 9.71 Å². The molecule has 15 heavy (non-hydrogen) atoms. The second-order valence-electron chi connectivity index (χ2n) is 2.69. The van der Waals surface area contributed by atoms with Crippen molar-refractivity contribution in [3.05, 3.63) is 11.2 Å². The molecule has 1 aromatic heterocycles. The molecule has 84 valence electrons. The summed E-state index contributed by atoms with van der Waals surface area (Å²) >= 11 is 0.793. The molecule has 0 aliphatic rings. The zero-order chi connectivity index (χ0) is 11.5. The lowest BCUT2D eigenvalue weighted by atomic mass is 10.5. The topological polar surface area (TPSA) is 96.4 Å². The quantitative estimate of drug-likeness (QED) is 0.794. The fourth-order valence-corrected chi connectivity index (χ4v) is 3.19. The van der Waals surface area contributed by atoms with Crippen molar-refractivity contribution < 1.29 is 18.3 Å². The molecule has 0 saturated carbocycles. The minimum atomic E-state index is -3.73. The van der Waals surface area contributed by atoms with Gasteiger partial charge in [0.25, 0.3) is 10.0 Å². The largest absolute Gasteiger partial charge is 0.476 e. The molecule has 8 heteroatoms. The molecule has 0 aliphatic carbocycles. The number of nitrogens with zero attached hydrogens (tertiary/aromatic N) is 1. The van der Waals surface area contributed by atoms with E-state index in [0.29, 0.717) is 6.42 Å². The Morgan fingerprint density at radius 3 is 2.87 bits per heavy atom. The van der Waals surface area contributed by atoms with Gasteiger partial charge in [0.15, 0.2) is 9.90 Å². The Balaban J connectivity index is 3.05. The van der Waals surface area contributed by atoms with Crippen molar-refractivity contribution in [1.29, 1.82) is 0 Å². The van der Waals surface area contributed by atoms with Gasteiger partial charge in [0, 0.05) is 6.54 Å². The zero-order valence-electron chi connectivity index (χ0n) is 7.93. The van der Waals surface area contributed by atoms with Gasteiger partial charge in [-0.1, -0.05) is 6.92 Å². The molecule has 1 heterocycles. The van der Waals surface area contributed by atoms with Crippen molar-refractivity contribution in [2.75, 3.05) is 6.54 Å². The normalized spacial score (nSPS) is 11.5. The molecule has 0 unspecified atom stereocenters. The van der Waals surface area contributed by atoms with E-state index in [-0.39, 0.29) is 10.8 Å². The van der Waals surface area contributed by atoms with Crippen molar-refractivity contribution in [3.8, 4) is 0 Å². The molecule has 0 aromatic carbocycles. The lowest BCUT2D eigenvalue weighted by Gasteiger charge is -2.02. The first kappa shape index (κ1) is 12.1. The van der Waals surface area contributed by atoms with Gasteiger partial charge in [-0.2, -0.15) is 0 Å². The van der Waals surface area contributed by atoms with Gasteiger partial charge < -0.3 is 5.11 Å². The molecule has 0 bridgehead atoms. The summed E-state index contributed by atoms with van der Waals surface area (Å²) in [6, 6.07) is 0. The number of carboxylic acid groups (broad SMARTS) is 1. The molecule has 0 atom stereocenters. The highest BCUT2D eigenvalue weighted by molar-refractivity contribution is 7.91. The standard InChI is InChI=1S/C7H10N2O4S2/c1-2-3-9-15(12,13)7-5(6(10)11)8-4-14-7/h4,9H,2-3H2,1H3,(H,10,11).